The molecule has 174 valence electrons. The number of benzene rings is 2. The monoisotopic (exact) mass is 477 g/mol. The van der Waals surface area contributed by atoms with Gasteiger partial charge in [-0.1, -0.05) is 29.8 Å². The average Bonchev–Trinajstić information content (AvgIpc) is 2.73. The average molecular weight is 478 g/mol. The predicted octanol–water partition coefficient (Wildman–Crippen LogP) is 2.90. The molecule has 1 N–H and O–H groups in total. The van der Waals surface area contributed by atoms with Gasteiger partial charge in [-0.3, -0.25) is 13.9 Å². The van der Waals surface area contributed by atoms with E-state index in [1.54, 1.807) is 38.0 Å². The molecule has 7 nitrogen and oxygen atoms in total. The van der Waals surface area contributed by atoms with Crippen molar-refractivity contribution in [3.05, 3.63) is 65.2 Å². The molecule has 0 spiro atoms. The Balaban J connectivity index is 1.83. The third kappa shape index (κ3) is 8.20. The second-order valence-electron chi connectivity index (χ2n) is 7.76. The van der Waals surface area contributed by atoms with Crippen molar-refractivity contribution < 1.29 is 18.0 Å². The first kappa shape index (κ1) is 25.7. The summed E-state index contributed by atoms with van der Waals surface area (Å²) < 4.78 is 25.5. The molecule has 0 aromatic heterocycles. The van der Waals surface area contributed by atoms with Crippen molar-refractivity contribution in [2.45, 2.75) is 19.1 Å². The van der Waals surface area contributed by atoms with Gasteiger partial charge in [0.25, 0.3) is 5.91 Å². The number of carbonyl (C=O) groups is 2. The summed E-state index contributed by atoms with van der Waals surface area (Å²) in [6.45, 7) is 2.24. The Hall–Kier alpha value is -2.52. The SMILES string of the molecule is Cc1cccc(CSCCCNC(=O)CN(c2ccc(C(=O)N(C)C)cc2)S(C)(=O)=O)c1. The van der Waals surface area contributed by atoms with E-state index in [2.05, 4.69) is 30.4 Å². The number of aryl methyl sites for hydroxylation is 1. The lowest BCUT2D eigenvalue weighted by Crippen LogP contribution is -2.40. The zero-order valence-corrected chi connectivity index (χ0v) is 20.6. The Morgan fingerprint density at radius 1 is 1.06 bits per heavy atom. The molecular weight excluding hydrogens is 446 g/mol. The number of nitrogens with zero attached hydrogens (tertiary/aromatic N) is 2. The Kier molecular flexibility index (Phi) is 9.59. The second-order valence-corrected chi connectivity index (χ2v) is 10.8. The van der Waals surface area contributed by atoms with Gasteiger partial charge in [-0.2, -0.15) is 11.8 Å². The van der Waals surface area contributed by atoms with Gasteiger partial charge in [0.2, 0.25) is 15.9 Å². The molecule has 0 fully saturated rings. The molecule has 0 saturated carbocycles. The zero-order valence-electron chi connectivity index (χ0n) is 19.0. The smallest absolute Gasteiger partial charge is 0.253 e. The van der Waals surface area contributed by atoms with Gasteiger partial charge in [0.1, 0.15) is 6.54 Å². The number of carbonyl (C=O) groups excluding carboxylic acids is 2. The first-order valence-corrected chi connectivity index (χ1v) is 13.3. The van der Waals surface area contributed by atoms with Crippen molar-refractivity contribution in [2.24, 2.45) is 0 Å². The molecule has 0 saturated heterocycles. The quantitative estimate of drug-likeness (QED) is 0.503. The lowest BCUT2D eigenvalue weighted by molar-refractivity contribution is -0.119. The molecule has 9 heteroatoms. The van der Waals surface area contributed by atoms with Crippen molar-refractivity contribution in [1.82, 2.24) is 10.2 Å². The summed E-state index contributed by atoms with van der Waals surface area (Å²) in [5, 5.41) is 2.79. The van der Waals surface area contributed by atoms with E-state index in [9.17, 15) is 18.0 Å². The fourth-order valence-corrected chi connectivity index (χ4v) is 4.77. The van der Waals surface area contributed by atoms with Gasteiger partial charge in [-0.25, -0.2) is 8.42 Å². The molecule has 0 aliphatic heterocycles. The summed E-state index contributed by atoms with van der Waals surface area (Å²) in [6.07, 6.45) is 1.85. The highest BCUT2D eigenvalue weighted by molar-refractivity contribution is 7.98. The highest BCUT2D eigenvalue weighted by Crippen LogP contribution is 2.19. The van der Waals surface area contributed by atoms with E-state index >= 15 is 0 Å². The van der Waals surface area contributed by atoms with Crippen LogP contribution in [0.1, 0.15) is 27.9 Å². The maximum atomic E-state index is 12.3. The standard InChI is InChI=1S/C23H31N3O4S2/c1-18-7-5-8-19(15-18)17-31-14-6-13-24-22(27)16-26(32(4,29)30)21-11-9-20(10-12-21)23(28)25(2)3/h5,7-12,15H,6,13-14,16-17H2,1-4H3,(H,24,27). The lowest BCUT2D eigenvalue weighted by atomic mass is 10.2. The Morgan fingerprint density at radius 3 is 2.34 bits per heavy atom. The third-order valence-electron chi connectivity index (χ3n) is 4.63. The van der Waals surface area contributed by atoms with Crippen molar-refractivity contribution in [2.75, 3.05) is 43.5 Å². The van der Waals surface area contributed by atoms with Crippen LogP contribution in [0.2, 0.25) is 0 Å². The van der Waals surface area contributed by atoms with E-state index in [-0.39, 0.29) is 18.4 Å². The molecule has 0 aliphatic carbocycles. The van der Waals surface area contributed by atoms with E-state index < -0.39 is 10.0 Å². The number of sulfonamides is 1. The molecule has 32 heavy (non-hydrogen) atoms. The number of thioether (sulfide) groups is 1. The number of anilines is 1. The van der Waals surface area contributed by atoms with Crippen LogP contribution in [0.3, 0.4) is 0 Å². The Morgan fingerprint density at radius 2 is 1.75 bits per heavy atom. The maximum absolute atomic E-state index is 12.3. The highest BCUT2D eigenvalue weighted by atomic mass is 32.2. The Bertz CT molecular complexity index is 1020. The summed E-state index contributed by atoms with van der Waals surface area (Å²) in [5.74, 6) is 1.27. The molecule has 2 rings (SSSR count). The maximum Gasteiger partial charge on any atom is 0.253 e. The molecule has 0 atom stereocenters. The molecule has 2 amide bonds. The van der Waals surface area contributed by atoms with Crippen LogP contribution in [-0.4, -0.2) is 64.3 Å². The number of nitrogens with one attached hydrogen (secondary N) is 1. The summed E-state index contributed by atoms with van der Waals surface area (Å²) in [5.41, 5.74) is 3.30. The van der Waals surface area contributed by atoms with Crippen LogP contribution in [0.15, 0.2) is 48.5 Å². The van der Waals surface area contributed by atoms with Crippen LogP contribution in [-0.2, 0) is 20.6 Å². The van der Waals surface area contributed by atoms with E-state index in [4.69, 9.17) is 0 Å². The van der Waals surface area contributed by atoms with Gasteiger partial charge < -0.3 is 10.2 Å². The minimum Gasteiger partial charge on any atom is -0.354 e. The van der Waals surface area contributed by atoms with E-state index in [1.165, 1.54) is 28.2 Å². The molecule has 2 aromatic rings. The van der Waals surface area contributed by atoms with Gasteiger partial charge in [-0.05, 0) is 48.9 Å². The van der Waals surface area contributed by atoms with Crippen molar-refractivity contribution in [1.29, 1.82) is 0 Å². The van der Waals surface area contributed by atoms with Crippen LogP contribution in [0.5, 0.6) is 0 Å². The first-order valence-electron chi connectivity index (χ1n) is 10.3. The topological polar surface area (TPSA) is 86.8 Å². The van der Waals surface area contributed by atoms with Crippen molar-refractivity contribution in [3.8, 4) is 0 Å². The fourth-order valence-electron chi connectivity index (χ4n) is 3.01. The number of hydrogen-bond donors (Lipinski definition) is 1. The first-order chi connectivity index (χ1) is 15.1. The molecule has 0 bridgehead atoms. The lowest BCUT2D eigenvalue weighted by Gasteiger charge is -2.22. The summed E-state index contributed by atoms with van der Waals surface area (Å²) in [7, 11) is -0.376. The predicted molar refractivity (Wildman–Crippen MR) is 132 cm³/mol. The highest BCUT2D eigenvalue weighted by Gasteiger charge is 2.21. The van der Waals surface area contributed by atoms with Gasteiger partial charge in [0.15, 0.2) is 0 Å². The number of amides is 2. The minimum absolute atomic E-state index is 0.180. The fraction of sp³-hybridized carbons (Fsp3) is 0.391. The van der Waals surface area contributed by atoms with E-state index in [0.29, 0.717) is 17.8 Å². The molecule has 0 aliphatic rings. The largest absolute Gasteiger partial charge is 0.354 e. The van der Waals surface area contributed by atoms with Crippen molar-refractivity contribution in [3.63, 3.8) is 0 Å². The van der Waals surface area contributed by atoms with E-state index in [1.807, 2.05) is 6.07 Å². The number of hydrogen-bond acceptors (Lipinski definition) is 5. The van der Waals surface area contributed by atoms with Crippen LogP contribution >= 0.6 is 11.8 Å². The molecule has 0 heterocycles. The minimum atomic E-state index is -3.66. The van der Waals surface area contributed by atoms with Crippen LogP contribution in [0.25, 0.3) is 0 Å². The van der Waals surface area contributed by atoms with Crippen LogP contribution < -0.4 is 9.62 Å². The Labute approximate surface area is 195 Å². The normalized spacial score (nSPS) is 11.1. The van der Waals surface area contributed by atoms with Gasteiger partial charge in [-0.15, -0.1) is 0 Å². The second kappa shape index (κ2) is 11.9. The molecule has 0 unspecified atom stereocenters. The van der Waals surface area contributed by atoms with Crippen molar-refractivity contribution >= 4 is 39.3 Å². The van der Waals surface area contributed by atoms with Gasteiger partial charge >= 0.3 is 0 Å². The molecular formula is C23H31N3O4S2. The molecule has 2 aromatic carbocycles. The van der Waals surface area contributed by atoms with Gasteiger partial charge in [0.05, 0.1) is 11.9 Å². The third-order valence-corrected chi connectivity index (χ3v) is 6.89. The zero-order chi connectivity index (χ0) is 23.7. The van der Waals surface area contributed by atoms with Crippen LogP contribution in [0.4, 0.5) is 5.69 Å². The molecule has 0 radical (unpaired) electrons. The van der Waals surface area contributed by atoms with Gasteiger partial charge in [0, 0.05) is 32.0 Å². The summed E-state index contributed by atoms with van der Waals surface area (Å²) >= 11 is 1.80. The summed E-state index contributed by atoms with van der Waals surface area (Å²) in [4.78, 5) is 25.8. The number of rotatable bonds is 11. The summed E-state index contributed by atoms with van der Waals surface area (Å²) in [6, 6.07) is 14.6. The van der Waals surface area contributed by atoms with Crippen LogP contribution in [0, 0.1) is 6.92 Å². The van der Waals surface area contributed by atoms with E-state index in [0.717, 1.165) is 28.5 Å².